The summed E-state index contributed by atoms with van der Waals surface area (Å²) in [6, 6.07) is 14.2. The molecule has 0 radical (unpaired) electrons. The zero-order valence-electron chi connectivity index (χ0n) is 19.6. The minimum Gasteiger partial charge on any atom is -0.462 e. The molecule has 2 heterocycles. The van der Waals surface area contributed by atoms with Crippen molar-refractivity contribution >= 4 is 40.0 Å². The van der Waals surface area contributed by atoms with Crippen molar-refractivity contribution in [3.8, 4) is 5.69 Å². The molecule has 8 heteroatoms. The van der Waals surface area contributed by atoms with Crippen LogP contribution >= 0.6 is 0 Å². The Morgan fingerprint density at radius 3 is 2.32 bits per heavy atom. The first-order valence-corrected chi connectivity index (χ1v) is 11.5. The molecule has 2 aromatic carbocycles. The van der Waals surface area contributed by atoms with Crippen LogP contribution in [0.4, 0.5) is 5.82 Å². The van der Waals surface area contributed by atoms with Gasteiger partial charge in [-0.25, -0.2) is 19.6 Å². The van der Waals surface area contributed by atoms with Gasteiger partial charge in [0.05, 0.1) is 29.3 Å². The summed E-state index contributed by atoms with van der Waals surface area (Å²) in [6.45, 7) is 6.18. The lowest BCUT2D eigenvalue weighted by atomic mass is 10.2. The normalized spacial score (nSPS) is 12.1. The fraction of sp³-hybridized carbons (Fsp3) is 0.308. The van der Waals surface area contributed by atoms with Gasteiger partial charge in [-0.3, -0.25) is 4.57 Å². The zero-order valence-corrected chi connectivity index (χ0v) is 19.6. The smallest absolute Gasteiger partial charge is 0.344 e. The van der Waals surface area contributed by atoms with Gasteiger partial charge in [0.25, 0.3) is 0 Å². The Balaban J connectivity index is 1.82. The third-order valence-electron chi connectivity index (χ3n) is 5.68. The van der Waals surface area contributed by atoms with E-state index in [0.29, 0.717) is 46.5 Å². The Bertz CT molecular complexity index is 1340. The standard InChI is InChI=1S/C26H28N4O4/c1-4-6-15-33-25(31)17-11-13-18(14-12-17)30-23(27)21(26(32)34-16(3)5-2)22-24(30)29-20-10-8-7-9-19(20)28-22/h7-14,16H,4-6,15,27H2,1-3H3/t16-/m0/s1. The minimum atomic E-state index is -0.545. The van der Waals surface area contributed by atoms with Gasteiger partial charge in [0, 0.05) is 5.69 Å². The Morgan fingerprint density at radius 1 is 1.00 bits per heavy atom. The average molecular weight is 461 g/mol. The highest BCUT2D eigenvalue weighted by Crippen LogP contribution is 2.32. The van der Waals surface area contributed by atoms with E-state index in [1.165, 1.54) is 0 Å². The van der Waals surface area contributed by atoms with Crippen molar-refractivity contribution in [2.45, 2.75) is 46.1 Å². The van der Waals surface area contributed by atoms with Gasteiger partial charge in [-0.2, -0.15) is 0 Å². The molecule has 2 N–H and O–H groups in total. The lowest BCUT2D eigenvalue weighted by molar-refractivity contribution is 0.0337. The molecule has 0 bridgehead atoms. The molecule has 2 aromatic heterocycles. The van der Waals surface area contributed by atoms with Crippen molar-refractivity contribution < 1.29 is 19.1 Å². The van der Waals surface area contributed by atoms with Crippen LogP contribution in [0, 0.1) is 0 Å². The van der Waals surface area contributed by atoms with Gasteiger partial charge in [-0.05, 0) is 56.2 Å². The predicted molar refractivity (Wildman–Crippen MR) is 131 cm³/mol. The molecule has 0 unspecified atom stereocenters. The number of ether oxygens (including phenoxy) is 2. The lowest BCUT2D eigenvalue weighted by Crippen LogP contribution is -2.15. The van der Waals surface area contributed by atoms with Crippen LogP contribution in [-0.2, 0) is 9.47 Å². The summed E-state index contributed by atoms with van der Waals surface area (Å²) in [4.78, 5) is 34.8. The fourth-order valence-electron chi connectivity index (χ4n) is 3.59. The molecule has 0 saturated carbocycles. The number of nitrogen functional groups attached to an aromatic ring is 1. The number of para-hydroxylation sites is 2. The van der Waals surface area contributed by atoms with Crippen molar-refractivity contribution in [1.29, 1.82) is 0 Å². The number of aromatic nitrogens is 3. The highest BCUT2D eigenvalue weighted by atomic mass is 16.5. The van der Waals surface area contributed by atoms with Gasteiger partial charge in [0.15, 0.2) is 5.65 Å². The second-order valence-electron chi connectivity index (χ2n) is 8.14. The second-order valence-corrected chi connectivity index (χ2v) is 8.14. The van der Waals surface area contributed by atoms with Crippen molar-refractivity contribution in [1.82, 2.24) is 14.5 Å². The number of hydrogen-bond donors (Lipinski definition) is 1. The van der Waals surface area contributed by atoms with E-state index in [1.54, 1.807) is 28.8 Å². The summed E-state index contributed by atoms with van der Waals surface area (Å²) in [6.07, 6.45) is 2.17. The second kappa shape index (κ2) is 9.91. The van der Waals surface area contributed by atoms with Crippen LogP contribution in [0.15, 0.2) is 48.5 Å². The van der Waals surface area contributed by atoms with E-state index in [1.807, 2.05) is 45.0 Å². The van der Waals surface area contributed by atoms with Gasteiger partial charge < -0.3 is 15.2 Å². The molecule has 0 amide bonds. The first-order chi connectivity index (χ1) is 16.4. The van der Waals surface area contributed by atoms with Crippen molar-refractivity contribution in [3.05, 3.63) is 59.7 Å². The molecule has 4 aromatic rings. The maximum absolute atomic E-state index is 13.1. The largest absolute Gasteiger partial charge is 0.462 e. The number of hydrogen-bond acceptors (Lipinski definition) is 7. The van der Waals surface area contributed by atoms with E-state index in [-0.39, 0.29) is 23.5 Å². The molecule has 0 aliphatic rings. The number of benzene rings is 2. The number of nitrogens with two attached hydrogens (primary N) is 1. The van der Waals surface area contributed by atoms with Crippen LogP contribution < -0.4 is 5.73 Å². The number of anilines is 1. The molecule has 176 valence electrons. The molecular formula is C26H28N4O4. The predicted octanol–water partition coefficient (Wildman–Crippen LogP) is 5.07. The van der Waals surface area contributed by atoms with Crippen LogP contribution in [0.1, 0.15) is 60.7 Å². The summed E-state index contributed by atoms with van der Waals surface area (Å²) in [5, 5.41) is 0. The van der Waals surface area contributed by atoms with Gasteiger partial charge in [-0.1, -0.05) is 32.4 Å². The van der Waals surface area contributed by atoms with Crippen LogP contribution in [0.5, 0.6) is 0 Å². The molecule has 1 atom stereocenters. The number of carbonyl (C=O) groups excluding carboxylic acids is 2. The Labute approximate surface area is 197 Å². The monoisotopic (exact) mass is 460 g/mol. The Hall–Kier alpha value is -3.94. The maximum Gasteiger partial charge on any atom is 0.344 e. The molecular weight excluding hydrogens is 432 g/mol. The first-order valence-electron chi connectivity index (χ1n) is 11.5. The number of rotatable bonds is 8. The molecule has 0 fully saturated rings. The van der Waals surface area contributed by atoms with Gasteiger partial charge in [-0.15, -0.1) is 0 Å². The molecule has 0 spiro atoms. The number of unbranched alkanes of at least 4 members (excludes halogenated alkanes) is 1. The maximum atomic E-state index is 13.1. The third-order valence-corrected chi connectivity index (χ3v) is 5.68. The summed E-state index contributed by atoms with van der Waals surface area (Å²) in [7, 11) is 0. The Morgan fingerprint density at radius 2 is 1.68 bits per heavy atom. The molecule has 34 heavy (non-hydrogen) atoms. The van der Waals surface area contributed by atoms with Crippen LogP contribution in [-0.4, -0.2) is 39.2 Å². The number of esters is 2. The molecule has 0 aliphatic carbocycles. The minimum absolute atomic E-state index is 0.177. The number of fused-ring (bicyclic) bond motifs is 2. The molecule has 8 nitrogen and oxygen atoms in total. The van der Waals surface area contributed by atoms with E-state index in [9.17, 15) is 9.59 Å². The highest BCUT2D eigenvalue weighted by Gasteiger charge is 2.27. The van der Waals surface area contributed by atoms with E-state index in [0.717, 1.165) is 12.8 Å². The number of nitrogens with zero attached hydrogens (tertiary/aromatic N) is 3. The van der Waals surface area contributed by atoms with Crippen LogP contribution in [0.3, 0.4) is 0 Å². The van der Waals surface area contributed by atoms with Crippen molar-refractivity contribution in [2.24, 2.45) is 0 Å². The summed E-state index contributed by atoms with van der Waals surface area (Å²) >= 11 is 0. The SMILES string of the molecule is CCCCOC(=O)c1ccc(-n2c(N)c(C(=O)O[C@@H](C)CC)c3nc4ccccc4nc32)cc1. The third kappa shape index (κ3) is 4.44. The van der Waals surface area contributed by atoms with E-state index < -0.39 is 5.97 Å². The zero-order chi connectivity index (χ0) is 24.2. The van der Waals surface area contributed by atoms with Crippen molar-refractivity contribution in [3.63, 3.8) is 0 Å². The average Bonchev–Trinajstić information content (AvgIpc) is 3.13. The van der Waals surface area contributed by atoms with E-state index in [4.69, 9.17) is 20.2 Å². The highest BCUT2D eigenvalue weighted by molar-refractivity contribution is 6.09. The summed E-state index contributed by atoms with van der Waals surface area (Å²) < 4.78 is 12.5. The van der Waals surface area contributed by atoms with Gasteiger partial charge in [0.2, 0.25) is 0 Å². The molecule has 4 rings (SSSR count). The van der Waals surface area contributed by atoms with Gasteiger partial charge >= 0.3 is 11.9 Å². The summed E-state index contributed by atoms with van der Waals surface area (Å²) in [5.41, 5.74) is 9.87. The lowest BCUT2D eigenvalue weighted by Gasteiger charge is -2.11. The topological polar surface area (TPSA) is 109 Å². The van der Waals surface area contributed by atoms with Crippen LogP contribution in [0.2, 0.25) is 0 Å². The quantitative estimate of drug-likeness (QED) is 0.289. The fourth-order valence-corrected chi connectivity index (χ4v) is 3.59. The van der Waals surface area contributed by atoms with E-state index in [2.05, 4.69) is 4.98 Å². The van der Waals surface area contributed by atoms with Gasteiger partial charge in [0.1, 0.15) is 16.9 Å². The summed E-state index contributed by atoms with van der Waals surface area (Å²) in [5.74, 6) is -0.748. The van der Waals surface area contributed by atoms with E-state index >= 15 is 0 Å². The number of carbonyl (C=O) groups is 2. The Kier molecular flexibility index (Phi) is 6.77. The molecule has 0 aliphatic heterocycles. The molecule has 0 saturated heterocycles. The first kappa shape index (κ1) is 23.2. The van der Waals surface area contributed by atoms with Crippen molar-refractivity contribution in [2.75, 3.05) is 12.3 Å². The van der Waals surface area contributed by atoms with Crippen LogP contribution in [0.25, 0.3) is 27.9 Å².